The third-order valence-corrected chi connectivity index (χ3v) is 4.51. The SMILES string of the molecule is CC1CCN(C(=O)[C@H]2OCC(=O)N[C@@H]2c2ccccc2)CC1. The molecule has 0 bridgehead atoms. The molecule has 2 atom stereocenters. The van der Waals surface area contributed by atoms with Crippen molar-refractivity contribution in [2.75, 3.05) is 19.7 Å². The lowest BCUT2D eigenvalue weighted by molar-refractivity contribution is -0.156. The van der Waals surface area contributed by atoms with Gasteiger partial charge in [0.2, 0.25) is 5.91 Å². The van der Waals surface area contributed by atoms with E-state index >= 15 is 0 Å². The molecule has 2 fully saturated rings. The summed E-state index contributed by atoms with van der Waals surface area (Å²) in [5, 5.41) is 2.90. The Balaban J connectivity index is 1.77. The molecule has 22 heavy (non-hydrogen) atoms. The number of likely N-dealkylation sites (tertiary alicyclic amines) is 1. The molecule has 2 aliphatic rings. The van der Waals surface area contributed by atoms with Crippen molar-refractivity contribution in [3.8, 4) is 0 Å². The maximum Gasteiger partial charge on any atom is 0.254 e. The molecule has 3 rings (SSSR count). The summed E-state index contributed by atoms with van der Waals surface area (Å²) in [5.41, 5.74) is 0.902. The zero-order valence-corrected chi connectivity index (χ0v) is 12.8. The number of piperidine rings is 1. The third-order valence-electron chi connectivity index (χ3n) is 4.51. The molecular weight excluding hydrogens is 280 g/mol. The standard InChI is InChI=1S/C17H22N2O3/c1-12-7-9-19(10-8-12)17(21)16-15(18-14(20)11-22-16)13-5-3-2-4-6-13/h2-6,12,15-16H,7-11H2,1H3,(H,18,20)/t15-,16+/m1/s1. The molecule has 0 aliphatic carbocycles. The van der Waals surface area contributed by atoms with E-state index in [0.29, 0.717) is 5.92 Å². The van der Waals surface area contributed by atoms with E-state index in [1.165, 1.54) is 0 Å². The predicted octanol–water partition coefficient (Wildman–Crippen LogP) is 1.50. The highest BCUT2D eigenvalue weighted by atomic mass is 16.5. The van der Waals surface area contributed by atoms with Gasteiger partial charge in [0.25, 0.3) is 5.91 Å². The molecule has 2 saturated heterocycles. The van der Waals surface area contributed by atoms with Crippen molar-refractivity contribution in [1.29, 1.82) is 0 Å². The number of benzene rings is 1. The average Bonchev–Trinajstić information content (AvgIpc) is 2.56. The van der Waals surface area contributed by atoms with Gasteiger partial charge in [0, 0.05) is 13.1 Å². The van der Waals surface area contributed by atoms with Crippen LogP contribution in [0.1, 0.15) is 31.4 Å². The number of ether oxygens (including phenoxy) is 1. The van der Waals surface area contributed by atoms with Gasteiger partial charge < -0.3 is 15.0 Å². The largest absolute Gasteiger partial charge is 0.356 e. The highest BCUT2D eigenvalue weighted by Crippen LogP contribution is 2.26. The van der Waals surface area contributed by atoms with Gasteiger partial charge in [-0.3, -0.25) is 9.59 Å². The van der Waals surface area contributed by atoms with Crippen LogP contribution in [0.2, 0.25) is 0 Å². The molecule has 0 saturated carbocycles. The Morgan fingerprint density at radius 2 is 1.91 bits per heavy atom. The molecule has 5 nitrogen and oxygen atoms in total. The molecule has 0 unspecified atom stereocenters. The first-order valence-electron chi connectivity index (χ1n) is 7.90. The maximum absolute atomic E-state index is 12.8. The number of hydrogen-bond acceptors (Lipinski definition) is 3. The Morgan fingerprint density at radius 3 is 2.59 bits per heavy atom. The fourth-order valence-electron chi connectivity index (χ4n) is 3.09. The van der Waals surface area contributed by atoms with Crippen LogP contribution in [0.3, 0.4) is 0 Å². The van der Waals surface area contributed by atoms with E-state index in [0.717, 1.165) is 31.5 Å². The van der Waals surface area contributed by atoms with Crippen LogP contribution < -0.4 is 5.32 Å². The molecule has 2 heterocycles. The van der Waals surface area contributed by atoms with Crippen LogP contribution in [-0.4, -0.2) is 42.5 Å². The van der Waals surface area contributed by atoms with Crippen molar-refractivity contribution in [2.24, 2.45) is 5.92 Å². The molecule has 0 spiro atoms. The lowest BCUT2D eigenvalue weighted by Gasteiger charge is -2.37. The first-order chi connectivity index (χ1) is 10.6. The second-order valence-corrected chi connectivity index (χ2v) is 6.20. The monoisotopic (exact) mass is 302 g/mol. The quantitative estimate of drug-likeness (QED) is 0.901. The number of carbonyl (C=O) groups excluding carboxylic acids is 2. The number of morpholine rings is 1. The molecular formula is C17H22N2O3. The Kier molecular flexibility index (Phi) is 4.43. The second kappa shape index (κ2) is 6.48. The topological polar surface area (TPSA) is 58.6 Å². The molecule has 1 N–H and O–H groups in total. The summed E-state index contributed by atoms with van der Waals surface area (Å²) >= 11 is 0. The summed E-state index contributed by atoms with van der Waals surface area (Å²) < 4.78 is 5.60. The van der Waals surface area contributed by atoms with Crippen LogP contribution in [0.25, 0.3) is 0 Å². The van der Waals surface area contributed by atoms with E-state index in [-0.39, 0.29) is 18.4 Å². The molecule has 5 heteroatoms. The Hall–Kier alpha value is -1.88. The normalized spacial score (nSPS) is 26.6. The number of nitrogens with one attached hydrogen (secondary N) is 1. The molecule has 1 aromatic carbocycles. The van der Waals surface area contributed by atoms with Gasteiger partial charge in [-0.1, -0.05) is 37.3 Å². The fraction of sp³-hybridized carbons (Fsp3) is 0.529. The van der Waals surface area contributed by atoms with Gasteiger partial charge in [-0.15, -0.1) is 0 Å². The van der Waals surface area contributed by atoms with E-state index < -0.39 is 12.1 Å². The van der Waals surface area contributed by atoms with E-state index in [1.54, 1.807) is 0 Å². The third kappa shape index (κ3) is 3.14. The number of rotatable bonds is 2. The van der Waals surface area contributed by atoms with Crippen LogP contribution >= 0.6 is 0 Å². The van der Waals surface area contributed by atoms with Crippen molar-refractivity contribution < 1.29 is 14.3 Å². The van der Waals surface area contributed by atoms with E-state index in [9.17, 15) is 9.59 Å². The van der Waals surface area contributed by atoms with E-state index in [4.69, 9.17) is 4.74 Å². The minimum atomic E-state index is -0.631. The van der Waals surface area contributed by atoms with E-state index in [1.807, 2.05) is 35.2 Å². The number of hydrogen-bond donors (Lipinski definition) is 1. The highest BCUT2D eigenvalue weighted by molar-refractivity contribution is 5.86. The molecule has 0 radical (unpaired) electrons. The molecule has 118 valence electrons. The van der Waals surface area contributed by atoms with Crippen LogP contribution in [-0.2, 0) is 14.3 Å². The Labute approximate surface area is 130 Å². The van der Waals surface area contributed by atoms with Crippen molar-refractivity contribution in [3.05, 3.63) is 35.9 Å². The van der Waals surface area contributed by atoms with E-state index in [2.05, 4.69) is 12.2 Å². The molecule has 2 aliphatic heterocycles. The number of carbonyl (C=O) groups is 2. The van der Waals surface area contributed by atoms with Gasteiger partial charge in [-0.05, 0) is 24.3 Å². The fourth-order valence-corrected chi connectivity index (χ4v) is 3.09. The Bertz CT molecular complexity index is 538. The van der Waals surface area contributed by atoms with Gasteiger partial charge in [-0.2, -0.15) is 0 Å². The summed E-state index contributed by atoms with van der Waals surface area (Å²) in [6.07, 6.45) is 1.43. The van der Waals surface area contributed by atoms with Gasteiger partial charge >= 0.3 is 0 Å². The first-order valence-corrected chi connectivity index (χ1v) is 7.90. The van der Waals surface area contributed by atoms with Crippen LogP contribution in [0, 0.1) is 5.92 Å². The summed E-state index contributed by atoms with van der Waals surface area (Å²) in [6, 6.07) is 9.14. The summed E-state index contributed by atoms with van der Waals surface area (Å²) in [5.74, 6) is 0.479. The zero-order valence-electron chi connectivity index (χ0n) is 12.8. The minimum absolute atomic E-state index is 0.0132. The van der Waals surface area contributed by atoms with Crippen molar-refractivity contribution >= 4 is 11.8 Å². The summed E-state index contributed by atoms with van der Waals surface area (Å²) in [4.78, 5) is 26.3. The average molecular weight is 302 g/mol. The Morgan fingerprint density at radius 1 is 1.23 bits per heavy atom. The summed E-state index contributed by atoms with van der Waals surface area (Å²) in [6.45, 7) is 3.71. The van der Waals surface area contributed by atoms with Crippen molar-refractivity contribution in [1.82, 2.24) is 10.2 Å². The number of nitrogens with zero attached hydrogens (tertiary/aromatic N) is 1. The number of amides is 2. The van der Waals surface area contributed by atoms with Crippen molar-refractivity contribution in [3.63, 3.8) is 0 Å². The maximum atomic E-state index is 12.8. The lowest BCUT2D eigenvalue weighted by atomic mass is 9.95. The van der Waals surface area contributed by atoms with Gasteiger partial charge in [0.05, 0.1) is 6.04 Å². The lowest BCUT2D eigenvalue weighted by Crippen LogP contribution is -2.54. The predicted molar refractivity (Wildman–Crippen MR) is 82.0 cm³/mol. The van der Waals surface area contributed by atoms with Gasteiger partial charge in [0.1, 0.15) is 6.61 Å². The smallest absolute Gasteiger partial charge is 0.254 e. The summed E-state index contributed by atoms with van der Waals surface area (Å²) in [7, 11) is 0. The zero-order chi connectivity index (χ0) is 15.5. The highest BCUT2D eigenvalue weighted by Gasteiger charge is 2.38. The van der Waals surface area contributed by atoms with Crippen LogP contribution in [0.15, 0.2) is 30.3 Å². The van der Waals surface area contributed by atoms with Crippen molar-refractivity contribution in [2.45, 2.75) is 31.9 Å². The van der Waals surface area contributed by atoms with Gasteiger partial charge in [-0.25, -0.2) is 0 Å². The first kappa shape index (κ1) is 15.0. The molecule has 2 amide bonds. The van der Waals surface area contributed by atoms with Crippen LogP contribution in [0.4, 0.5) is 0 Å². The minimum Gasteiger partial charge on any atom is -0.356 e. The van der Waals surface area contributed by atoms with Crippen LogP contribution in [0.5, 0.6) is 0 Å². The molecule has 0 aromatic heterocycles. The second-order valence-electron chi connectivity index (χ2n) is 6.20. The molecule has 1 aromatic rings. The van der Waals surface area contributed by atoms with Gasteiger partial charge in [0.15, 0.2) is 6.10 Å².